The highest BCUT2D eigenvalue weighted by Gasteiger charge is 2.17. The van der Waals surface area contributed by atoms with E-state index in [0.29, 0.717) is 12.1 Å². The van der Waals surface area contributed by atoms with Gasteiger partial charge in [-0.1, -0.05) is 6.92 Å². The fraction of sp³-hybridized carbons (Fsp3) is 0.167. The van der Waals surface area contributed by atoms with Crippen LogP contribution in [0.15, 0.2) is 23.1 Å². The van der Waals surface area contributed by atoms with Gasteiger partial charge in [-0.15, -0.1) is 0 Å². The van der Waals surface area contributed by atoms with E-state index in [-0.39, 0.29) is 17.0 Å². The summed E-state index contributed by atoms with van der Waals surface area (Å²) < 4.78 is 0. The fourth-order valence-corrected chi connectivity index (χ4v) is 1.71. The minimum atomic E-state index is -1.21. The molecule has 2 aromatic rings. The molecular weight excluding hydrogens is 250 g/mol. The van der Waals surface area contributed by atoms with Crippen LogP contribution in [0.4, 0.5) is 0 Å². The number of aromatic nitrogens is 3. The molecule has 0 aliphatic carbocycles. The minimum Gasteiger partial charge on any atom is -0.477 e. The van der Waals surface area contributed by atoms with Gasteiger partial charge in [0.25, 0.3) is 0 Å². The molecular formula is C12H11N3O4. The van der Waals surface area contributed by atoms with Crippen LogP contribution in [0.2, 0.25) is 0 Å². The maximum Gasteiger partial charge on any atom is 0.354 e. The number of imidazole rings is 1. The average molecular weight is 261 g/mol. The van der Waals surface area contributed by atoms with Gasteiger partial charge < -0.3 is 15.1 Å². The first-order valence-electron chi connectivity index (χ1n) is 5.58. The molecule has 7 heteroatoms. The lowest BCUT2D eigenvalue weighted by Gasteiger charge is -2.01. The van der Waals surface area contributed by atoms with Gasteiger partial charge in [0.2, 0.25) is 5.78 Å². The Morgan fingerprint density at radius 2 is 2.11 bits per heavy atom. The van der Waals surface area contributed by atoms with Gasteiger partial charge in [-0.3, -0.25) is 4.79 Å². The third kappa shape index (κ3) is 2.44. The minimum absolute atomic E-state index is 0.148. The molecule has 0 fully saturated rings. The van der Waals surface area contributed by atoms with Crippen LogP contribution in [0, 0.1) is 0 Å². The first-order chi connectivity index (χ1) is 9.02. The monoisotopic (exact) mass is 261 g/mol. The highest BCUT2D eigenvalue weighted by Crippen LogP contribution is 2.11. The Morgan fingerprint density at radius 3 is 2.74 bits per heavy atom. The van der Waals surface area contributed by atoms with Crippen LogP contribution < -0.4 is 5.69 Å². The summed E-state index contributed by atoms with van der Waals surface area (Å²) in [6, 6.07) is 2.58. The van der Waals surface area contributed by atoms with E-state index >= 15 is 0 Å². The van der Waals surface area contributed by atoms with Crippen molar-refractivity contribution in [3.63, 3.8) is 0 Å². The Morgan fingerprint density at radius 1 is 1.37 bits per heavy atom. The van der Waals surface area contributed by atoms with Crippen molar-refractivity contribution in [3.05, 3.63) is 51.5 Å². The Kier molecular flexibility index (Phi) is 3.28. The first-order valence-corrected chi connectivity index (χ1v) is 5.58. The molecule has 0 radical (unpaired) electrons. The molecule has 0 spiro atoms. The molecule has 0 atom stereocenters. The molecule has 2 aromatic heterocycles. The van der Waals surface area contributed by atoms with Gasteiger partial charge in [0, 0.05) is 17.5 Å². The van der Waals surface area contributed by atoms with Crippen molar-refractivity contribution in [1.29, 1.82) is 0 Å². The van der Waals surface area contributed by atoms with E-state index in [0.717, 1.165) is 0 Å². The summed E-state index contributed by atoms with van der Waals surface area (Å²) >= 11 is 0. The standard InChI is InChI=1S/C12H11N3O4/c1-2-7-9(15-12(19)14-7)10(16)6-3-4-13-8(5-6)11(17)18/h3-5H,2H2,1H3,(H,17,18)(H2,14,15,19). The number of hydrogen-bond acceptors (Lipinski definition) is 4. The summed E-state index contributed by atoms with van der Waals surface area (Å²) in [5, 5.41) is 8.83. The summed E-state index contributed by atoms with van der Waals surface area (Å²) in [6.07, 6.45) is 1.73. The van der Waals surface area contributed by atoms with Gasteiger partial charge >= 0.3 is 11.7 Å². The molecule has 0 aliphatic rings. The van der Waals surface area contributed by atoms with E-state index in [9.17, 15) is 14.4 Å². The maximum atomic E-state index is 12.2. The van der Waals surface area contributed by atoms with Gasteiger partial charge in [-0.25, -0.2) is 14.6 Å². The molecule has 0 aliphatic heterocycles. The quantitative estimate of drug-likeness (QED) is 0.696. The summed E-state index contributed by atoms with van der Waals surface area (Å²) in [5.74, 6) is -1.66. The maximum absolute atomic E-state index is 12.2. The molecule has 0 amide bonds. The number of carboxylic acids is 1. The lowest BCUT2D eigenvalue weighted by Crippen LogP contribution is -2.09. The van der Waals surface area contributed by atoms with E-state index in [2.05, 4.69) is 15.0 Å². The Hall–Kier alpha value is -2.70. The molecule has 2 rings (SSSR count). The summed E-state index contributed by atoms with van der Waals surface area (Å²) in [7, 11) is 0. The van der Waals surface area contributed by atoms with Gasteiger partial charge in [0.05, 0.1) is 0 Å². The van der Waals surface area contributed by atoms with E-state index in [4.69, 9.17) is 5.11 Å². The molecule has 98 valence electrons. The van der Waals surface area contributed by atoms with Crippen LogP contribution in [-0.2, 0) is 6.42 Å². The van der Waals surface area contributed by atoms with Gasteiger partial charge in [0.1, 0.15) is 11.4 Å². The number of rotatable bonds is 4. The number of nitrogens with zero attached hydrogens (tertiary/aromatic N) is 1. The number of nitrogens with one attached hydrogen (secondary N) is 2. The normalized spacial score (nSPS) is 10.4. The molecule has 0 aromatic carbocycles. The lowest BCUT2D eigenvalue weighted by atomic mass is 10.1. The summed E-state index contributed by atoms with van der Waals surface area (Å²) in [5.41, 5.74) is 0.116. The van der Waals surface area contributed by atoms with Gasteiger partial charge in [-0.2, -0.15) is 0 Å². The van der Waals surface area contributed by atoms with Crippen LogP contribution in [-0.4, -0.2) is 31.8 Å². The van der Waals surface area contributed by atoms with Crippen molar-refractivity contribution in [2.75, 3.05) is 0 Å². The molecule has 3 N–H and O–H groups in total. The predicted octanol–water partition coefficient (Wildman–Crippen LogP) is 0.590. The molecule has 7 nitrogen and oxygen atoms in total. The highest BCUT2D eigenvalue weighted by molar-refractivity contribution is 6.09. The van der Waals surface area contributed by atoms with E-state index in [1.807, 2.05) is 0 Å². The zero-order valence-electron chi connectivity index (χ0n) is 10.1. The van der Waals surface area contributed by atoms with Crippen LogP contribution >= 0.6 is 0 Å². The zero-order chi connectivity index (χ0) is 14.0. The average Bonchev–Trinajstić information content (AvgIpc) is 2.79. The smallest absolute Gasteiger partial charge is 0.354 e. The third-order valence-electron chi connectivity index (χ3n) is 2.63. The summed E-state index contributed by atoms with van der Waals surface area (Å²) in [6.45, 7) is 1.80. The van der Waals surface area contributed by atoms with Gasteiger partial charge in [-0.05, 0) is 18.6 Å². The van der Waals surface area contributed by atoms with E-state index in [1.165, 1.54) is 18.3 Å². The molecule has 2 heterocycles. The van der Waals surface area contributed by atoms with Gasteiger partial charge in [0.15, 0.2) is 0 Å². The van der Waals surface area contributed by atoms with Crippen LogP contribution in [0.25, 0.3) is 0 Å². The summed E-state index contributed by atoms with van der Waals surface area (Å²) in [4.78, 5) is 42.8. The SMILES string of the molecule is CCc1[nH]c(=O)[nH]c1C(=O)c1ccnc(C(=O)O)c1. The number of hydrogen-bond donors (Lipinski definition) is 3. The largest absolute Gasteiger partial charge is 0.477 e. The fourth-order valence-electron chi connectivity index (χ4n) is 1.71. The zero-order valence-corrected chi connectivity index (χ0v) is 10.1. The number of H-pyrrole nitrogens is 2. The Bertz CT molecular complexity index is 699. The number of carbonyl (C=O) groups excluding carboxylic acids is 1. The molecule has 0 unspecified atom stereocenters. The third-order valence-corrected chi connectivity index (χ3v) is 2.63. The second-order valence-electron chi connectivity index (χ2n) is 3.85. The predicted molar refractivity (Wildman–Crippen MR) is 65.4 cm³/mol. The number of aromatic carboxylic acids is 1. The van der Waals surface area contributed by atoms with Crippen molar-refractivity contribution in [1.82, 2.24) is 15.0 Å². The second kappa shape index (κ2) is 4.89. The lowest BCUT2D eigenvalue weighted by molar-refractivity contribution is 0.0690. The number of carbonyl (C=O) groups is 2. The molecule has 0 saturated carbocycles. The molecule has 19 heavy (non-hydrogen) atoms. The molecule has 0 saturated heterocycles. The van der Waals surface area contributed by atoms with Crippen molar-refractivity contribution in [2.24, 2.45) is 0 Å². The van der Waals surface area contributed by atoms with Crippen LogP contribution in [0.1, 0.15) is 39.2 Å². The molecule has 0 bridgehead atoms. The number of pyridine rings is 1. The highest BCUT2D eigenvalue weighted by atomic mass is 16.4. The number of aryl methyl sites for hydroxylation is 1. The van der Waals surface area contributed by atoms with Crippen molar-refractivity contribution < 1.29 is 14.7 Å². The van der Waals surface area contributed by atoms with Crippen molar-refractivity contribution >= 4 is 11.8 Å². The van der Waals surface area contributed by atoms with E-state index in [1.54, 1.807) is 6.92 Å². The Balaban J connectivity index is 2.46. The Labute approximate surface area is 107 Å². The number of aromatic amines is 2. The second-order valence-corrected chi connectivity index (χ2v) is 3.85. The van der Waals surface area contributed by atoms with Crippen LogP contribution in [0.3, 0.4) is 0 Å². The van der Waals surface area contributed by atoms with Crippen LogP contribution in [0.5, 0.6) is 0 Å². The van der Waals surface area contributed by atoms with Crippen molar-refractivity contribution in [3.8, 4) is 0 Å². The topological polar surface area (TPSA) is 116 Å². The van der Waals surface area contributed by atoms with E-state index < -0.39 is 17.4 Å². The first kappa shape index (κ1) is 12.7. The number of ketones is 1. The number of carboxylic acid groups (broad SMARTS) is 1. The van der Waals surface area contributed by atoms with Crippen molar-refractivity contribution in [2.45, 2.75) is 13.3 Å².